The average molecular weight is 227 g/mol. The standard InChI is InChI=1S/C13H25NO2/c1-11(2)13(15)14-9-6-10-16-12-7-4-3-5-8-12/h11-12H,3-10H2,1-2H3,(H,14,15). The number of hydrogen-bond acceptors (Lipinski definition) is 2. The van der Waals surface area contributed by atoms with Crippen LogP contribution in [0.3, 0.4) is 0 Å². The predicted molar refractivity (Wildman–Crippen MR) is 65.3 cm³/mol. The van der Waals surface area contributed by atoms with E-state index in [1.165, 1.54) is 32.1 Å². The highest BCUT2D eigenvalue weighted by Crippen LogP contribution is 2.20. The molecule has 0 aliphatic heterocycles. The monoisotopic (exact) mass is 227 g/mol. The highest BCUT2D eigenvalue weighted by molar-refractivity contribution is 5.77. The summed E-state index contributed by atoms with van der Waals surface area (Å²) >= 11 is 0. The Morgan fingerprint density at radius 1 is 1.31 bits per heavy atom. The van der Waals surface area contributed by atoms with Gasteiger partial charge < -0.3 is 10.1 Å². The number of carbonyl (C=O) groups is 1. The van der Waals surface area contributed by atoms with E-state index in [2.05, 4.69) is 5.32 Å². The highest BCUT2D eigenvalue weighted by atomic mass is 16.5. The lowest BCUT2D eigenvalue weighted by atomic mass is 9.98. The maximum atomic E-state index is 11.3. The van der Waals surface area contributed by atoms with E-state index in [4.69, 9.17) is 4.74 Å². The van der Waals surface area contributed by atoms with Gasteiger partial charge in [0.25, 0.3) is 0 Å². The van der Waals surface area contributed by atoms with Crippen molar-refractivity contribution in [1.82, 2.24) is 5.32 Å². The zero-order valence-electron chi connectivity index (χ0n) is 10.6. The van der Waals surface area contributed by atoms with Gasteiger partial charge in [-0.1, -0.05) is 33.1 Å². The molecule has 0 aromatic carbocycles. The van der Waals surface area contributed by atoms with E-state index in [1.807, 2.05) is 13.8 Å². The molecule has 0 aromatic heterocycles. The van der Waals surface area contributed by atoms with Gasteiger partial charge in [-0.2, -0.15) is 0 Å². The molecule has 16 heavy (non-hydrogen) atoms. The molecule has 0 aromatic rings. The minimum absolute atomic E-state index is 0.0827. The van der Waals surface area contributed by atoms with E-state index in [9.17, 15) is 4.79 Å². The van der Waals surface area contributed by atoms with Crippen molar-refractivity contribution in [2.24, 2.45) is 5.92 Å². The molecule has 0 bridgehead atoms. The summed E-state index contributed by atoms with van der Waals surface area (Å²) in [6, 6.07) is 0. The van der Waals surface area contributed by atoms with Gasteiger partial charge in [0.15, 0.2) is 0 Å². The second-order valence-electron chi connectivity index (χ2n) is 4.93. The fourth-order valence-corrected chi connectivity index (χ4v) is 1.97. The minimum Gasteiger partial charge on any atom is -0.378 e. The zero-order valence-corrected chi connectivity index (χ0v) is 10.6. The normalized spacial score (nSPS) is 17.7. The summed E-state index contributed by atoms with van der Waals surface area (Å²) in [6.07, 6.45) is 7.84. The number of carbonyl (C=O) groups excluding carboxylic acids is 1. The third-order valence-electron chi connectivity index (χ3n) is 3.05. The SMILES string of the molecule is CC(C)C(=O)NCCCOC1CCCCC1. The highest BCUT2D eigenvalue weighted by Gasteiger charge is 2.13. The van der Waals surface area contributed by atoms with Crippen molar-refractivity contribution in [2.45, 2.75) is 58.5 Å². The Labute approximate surface area is 98.9 Å². The van der Waals surface area contributed by atoms with Crippen LogP contribution in [0.1, 0.15) is 52.4 Å². The van der Waals surface area contributed by atoms with Crippen molar-refractivity contribution in [3.8, 4) is 0 Å². The van der Waals surface area contributed by atoms with E-state index >= 15 is 0 Å². The molecular weight excluding hydrogens is 202 g/mol. The third-order valence-corrected chi connectivity index (χ3v) is 3.05. The molecule has 1 fully saturated rings. The maximum absolute atomic E-state index is 11.3. The largest absolute Gasteiger partial charge is 0.378 e. The summed E-state index contributed by atoms with van der Waals surface area (Å²) in [4.78, 5) is 11.3. The molecule has 0 radical (unpaired) electrons. The topological polar surface area (TPSA) is 38.3 Å². The number of amides is 1. The molecule has 0 unspecified atom stereocenters. The Balaban J connectivity index is 1.93. The summed E-state index contributed by atoms with van der Waals surface area (Å²) in [5, 5.41) is 2.90. The van der Waals surface area contributed by atoms with Gasteiger partial charge in [0, 0.05) is 19.1 Å². The van der Waals surface area contributed by atoms with Gasteiger partial charge in [-0.25, -0.2) is 0 Å². The van der Waals surface area contributed by atoms with Crippen LogP contribution < -0.4 is 5.32 Å². The Morgan fingerprint density at radius 2 is 2.00 bits per heavy atom. The Bertz CT molecular complexity index is 198. The van der Waals surface area contributed by atoms with Gasteiger partial charge in [-0.15, -0.1) is 0 Å². The van der Waals surface area contributed by atoms with Gasteiger partial charge in [0.1, 0.15) is 0 Å². The van der Waals surface area contributed by atoms with E-state index in [0.717, 1.165) is 19.6 Å². The molecule has 3 nitrogen and oxygen atoms in total. The number of rotatable bonds is 6. The molecular formula is C13H25NO2. The quantitative estimate of drug-likeness (QED) is 0.708. The Kier molecular flexibility index (Phi) is 6.46. The first-order chi connectivity index (χ1) is 7.70. The first-order valence-electron chi connectivity index (χ1n) is 6.59. The number of hydrogen-bond donors (Lipinski definition) is 1. The fraction of sp³-hybridized carbons (Fsp3) is 0.923. The van der Waals surface area contributed by atoms with Crippen molar-refractivity contribution in [3.05, 3.63) is 0 Å². The molecule has 1 saturated carbocycles. The van der Waals surface area contributed by atoms with Crippen molar-refractivity contribution >= 4 is 5.91 Å². The summed E-state index contributed by atoms with van der Waals surface area (Å²) in [6.45, 7) is 5.34. The Morgan fingerprint density at radius 3 is 2.62 bits per heavy atom. The lowest BCUT2D eigenvalue weighted by Crippen LogP contribution is -2.29. The van der Waals surface area contributed by atoms with Crippen molar-refractivity contribution in [1.29, 1.82) is 0 Å². The second kappa shape index (κ2) is 7.66. The smallest absolute Gasteiger partial charge is 0.222 e. The van der Waals surface area contributed by atoms with Crippen LogP contribution in [-0.2, 0) is 9.53 Å². The predicted octanol–water partition coefficient (Wildman–Crippen LogP) is 2.50. The third kappa shape index (κ3) is 5.50. The molecule has 1 amide bonds. The molecule has 1 aliphatic rings. The molecule has 1 rings (SSSR count). The molecule has 0 saturated heterocycles. The maximum Gasteiger partial charge on any atom is 0.222 e. The van der Waals surface area contributed by atoms with Crippen LogP contribution >= 0.6 is 0 Å². The van der Waals surface area contributed by atoms with E-state index in [-0.39, 0.29) is 11.8 Å². The molecule has 0 spiro atoms. The van der Waals surface area contributed by atoms with Crippen molar-refractivity contribution < 1.29 is 9.53 Å². The van der Waals surface area contributed by atoms with Gasteiger partial charge >= 0.3 is 0 Å². The fourth-order valence-electron chi connectivity index (χ4n) is 1.97. The van der Waals surface area contributed by atoms with Gasteiger partial charge in [-0.3, -0.25) is 4.79 Å². The molecule has 3 heteroatoms. The van der Waals surface area contributed by atoms with Crippen LogP contribution in [0.25, 0.3) is 0 Å². The lowest BCUT2D eigenvalue weighted by molar-refractivity contribution is -0.124. The van der Waals surface area contributed by atoms with Gasteiger partial charge in [-0.05, 0) is 19.3 Å². The molecule has 94 valence electrons. The zero-order chi connectivity index (χ0) is 11.8. The number of nitrogens with one attached hydrogen (secondary N) is 1. The summed E-state index contributed by atoms with van der Waals surface area (Å²) < 4.78 is 5.77. The molecule has 0 atom stereocenters. The van der Waals surface area contributed by atoms with Crippen molar-refractivity contribution in [3.63, 3.8) is 0 Å². The van der Waals surface area contributed by atoms with Crippen LogP contribution in [0.4, 0.5) is 0 Å². The Hall–Kier alpha value is -0.570. The van der Waals surface area contributed by atoms with Gasteiger partial charge in [0.05, 0.1) is 6.10 Å². The molecule has 1 aliphatic carbocycles. The lowest BCUT2D eigenvalue weighted by Gasteiger charge is -2.21. The van der Waals surface area contributed by atoms with Gasteiger partial charge in [0.2, 0.25) is 5.91 Å². The molecule has 1 N–H and O–H groups in total. The first kappa shape index (κ1) is 13.5. The molecule has 0 heterocycles. The second-order valence-corrected chi connectivity index (χ2v) is 4.93. The first-order valence-corrected chi connectivity index (χ1v) is 6.59. The minimum atomic E-state index is 0.0827. The number of ether oxygens (including phenoxy) is 1. The average Bonchev–Trinajstić information content (AvgIpc) is 2.29. The van der Waals surface area contributed by atoms with Crippen LogP contribution in [0.15, 0.2) is 0 Å². The van der Waals surface area contributed by atoms with E-state index in [1.54, 1.807) is 0 Å². The van der Waals surface area contributed by atoms with Crippen LogP contribution in [0, 0.1) is 5.92 Å². The summed E-state index contributed by atoms with van der Waals surface area (Å²) in [5.41, 5.74) is 0. The van der Waals surface area contributed by atoms with Crippen LogP contribution in [-0.4, -0.2) is 25.2 Å². The summed E-state index contributed by atoms with van der Waals surface area (Å²) in [7, 11) is 0. The van der Waals surface area contributed by atoms with E-state index in [0.29, 0.717) is 6.10 Å². The van der Waals surface area contributed by atoms with Crippen LogP contribution in [0.2, 0.25) is 0 Å². The summed E-state index contributed by atoms with van der Waals surface area (Å²) in [5.74, 6) is 0.219. The van der Waals surface area contributed by atoms with E-state index < -0.39 is 0 Å². The van der Waals surface area contributed by atoms with Crippen LogP contribution in [0.5, 0.6) is 0 Å². The van der Waals surface area contributed by atoms with Crippen molar-refractivity contribution in [2.75, 3.05) is 13.2 Å².